The molecule has 2 aromatic carbocycles. The second kappa shape index (κ2) is 7.31. The third-order valence-electron chi connectivity index (χ3n) is 3.97. The Morgan fingerprint density at radius 2 is 1.96 bits per heavy atom. The molecule has 1 fully saturated rings. The Morgan fingerprint density at radius 3 is 2.58 bits per heavy atom. The number of carbonyl (C=O) groups excluding carboxylic acids is 2. The molecule has 0 radical (unpaired) electrons. The number of anilines is 2. The number of hydrogen-bond acceptors (Lipinski definition) is 4. The first kappa shape index (κ1) is 18.2. The van der Waals surface area contributed by atoms with Crippen LogP contribution in [0.3, 0.4) is 0 Å². The minimum atomic E-state index is -0.671. The SMILES string of the molecule is O=C(Nc1ccc(N2CCCC2=O)c(Cl)c1)c1ccc(Cl)cc1[N+](=O)[O-]. The van der Waals surface area contributed by atoms with Crippen molar-refractivity contribution in [1.29, 1.82) is 0 Å². The lowest BCUT2D eigenvalue weighted by atomic mass is 10.1. The Bertz CT molecular complexity index is 917. The van der Waals surface area contributed by atoms with Crippen LogP contribution in [0.4, 0.5) is 17.1 Å². The molecule has 0 saturated carbocycles. The number of nitrogens with zero attached hydrogens (tertiary/aromatic N) is 2. The summed E-state index contributed by atoms with van der Waals surface area (Å²) in [4.78, 5) is 36.3. The van der Waals surface area contributed by atoms with Gasteiger partial charge < -0.3 is 10.2 Å². The molecule has 134 valence electrons. The van der Waals surface area contributed by atoms with E-state index in [1.165, 1.54) is 18.2 Å². The smallest absolute Gasteiger partial charge is 0.283 e. The lowest BCUT2D eigenvalue weighted by Gasteiger charge is -2.18. The molecule has 1 N–H and O–H groups in total. The van der Waals surface area contributed by atoms with Gasteiger partial charge in [-0.3, -0.25) is 19.7 Å². The van der Waals surface area contributed by atoms with E-state index in [0.29, 0.717) is 29.4 Å². The van der Waals surface area contributed by atoms with Crippen LogP contribution in [0.15, 0.2) is 36.4 Å². The molecule has 3 rings (SSSR count). The molecular weight excluding hydrogens is 381 g/mol. The molecule has 0 unspecified atom stereocenters. The van der Waals surface area contributed by atoms with Crippen LogP contribution in [0, 0.1) is 10.1 Å². The maximum atomic E-state index is 12.4. The van der Waals surface area contributed by atoms with Crippen molar-refractivity contribution < 1.29 is 14.5 Å². The molecule has 1 heterocycles. The number of benzene rings is 2. The highest BCUT2D eigenvalue weighted by Crippen LogP contribution is 2.32. The van der Waals surface area contributed by atoms with E-state index in [1.54, 1.807) is 17.0 Å². The van der Waals surface area contributed by atoms with Gasteiger partial charge in [0, 0.05) is 29.7 Å². The molecule has 0 aromatic heterocycles. The number of rotatable bonds is 4. The van der Waals surface area contributed by atoms with Gasteiger partial charge in [-0.25, -0.2) is 0 Å². The van der Waals surface area contributed by atoms with Gasteiger partial charge in [0.25, 0.3) is 11.6 Å². The average Bonchev–Trinajstić information content (AvgIpc) is 3.00. The summed E-state index contributed by atoms with van der Waals surface area (Å²) < 4.78 is 0. The Balaban J connectivity index is 1.83. The molecule has 7 nitrogen and oxygen atoms in total. The van der Waals surface area contributed by atoms with Crippen LogP contribution < -0.4 is 10.2 Å². The number of nitrogens with one attached hydrogen (secondary N) is 1. The molecule has 2 amide bonds. The largest absolute Gasteiger partial charge is 0.322 e. The quantitative estimate of drug-likeness (QED) is 0.619. The van der Waals surface area contributed by atoms with Crippen LogP contribution in [0.1, 0.15) is 23.2 Å². The summed E-state index contributed by atoms with van der Waals surface area (Å²) in [5, 5.41) is 14.2. The molecule has 1 saturated heterocycles. The van der Waals surface area contributed by atoms with Gasteiger partial charge in [-0.05, 0) is 36.8 Å². The molecule has 1 aliphatic heterocycles. The maximum Gasteiger partial charge on any atom is 0.283 e. The highest BCUT2D eigenvalue weighted by Gasteiger charge is 2.24. The third-order valence-corrected chi connectivity index (χ3v) is 4.51. The van der Waals surface area contributed by atoms with Crippen LogP contribution >= 0.6 is 23.2 Å². The topological polar surface area (TPSA) is 92.6 Å². The number of halogens is 2. The number of nitro groups is 1. The number of nitro benzene ring substituents is 1. The van der Waals surface area contributed by atoms with E-state index in [1.807, 2.05) is 0 Å². The fourth-order valence-electron chi connectivity index (χ4n) is 2.75. The second-order valence-corrected chi connectivity index (χ2v) is 6.53. The van der Waals surface area contributed by atoms with E-state index in [2.05, 4.69) is 5.32 Å². The average molecular weight is 394 g/mol. The lowest BCUT2D eigenvalue weighted by Crippen LogP contribution is -2.24. The van der Waals surface area contributed by atoms with Crippen molar-refractivity contribution in [2.75, 3.05) is 16.8 Å². The van der Waals surface area contributed by atoms with Crippen molar-refractivity contribution in [3.05, 3.63) is 62.1 Å². The Morgan fingerprint density at radius 1 is 1.19 bits per heavy atom. The first-order chi connectivity index (χ1) is 12.4. The van der Waals surface area contributed by atoms with E-state index < -0.39 is 10.8 Å². The summed E-state index contributed by atoms with van der Waals surface area (Å²) in [5.41, 5.74) is 0.430. The van der Waals surface area contributed by atoms with Gasteiger partial charge in [0.05, 0.1) is 15.6 Å². The molecule has 0 aliphatic carbocycles. The number of carbonyl (C=O) groups is 2. The summed E-state index contributed by atoms with van der Waals surface area (Å²) >= 11 is 12.0. The number of amides is 2. The van der Waals surface area contributed by atoms with Crippen LogP contribution in [0.2, 0.25) is 10.0 Å². The van der Waals surface area contributed by atoms with Gasteiger partial charge in [-0.1, -0.05) is 23.2 Å². The van der Waals surface area contributed by atoms with Crippen LogP contribution in [0.5, 0.6) is 0 Å². The van der Waals surface area contributed by atoms with Gasteiger partial charge in [0.2, 0.25) is 5.91 Å². The van der Waals surface area contributed by atoms with E-state index in [4.69, 9.17) is 23.2 Å². The zero-order valence-corrected chi connectivity index (χ0v) is 14.9. The molecule has 0 bridgehead atoms. The predicted molar refractivity (Wildman–Crippen MR) is 99.1 cm³/mol. The van der Waals surface area contributed by atoms with Crippen molar-refractivity contribution in [1.82, 2.24) is 0 Å². The van der Waals surface area contributed by atoms with Crippen molar-refractivity contribution in [3.63, 3.8) is 0 Å². The maximum absolute atomic E-state index is 12.4. The zero-order valence-electron chi connectivity index (χ0n) is 13.4. The van der Waals surface area contributed by atoms with E-state index in [-0.39, 0.29) is 22.2 Å². The first-order valence-electron chi connectivity index (χ1n) is 7.72. The van der Waals surface area contributed by atoms with Crippen molar-refractivity contribution in [2.45, 2.75) is 12.8 Å². The van der Waals surface area contributed by atoms with Gasteiger partial charge in [-0.15, -0.1) is 0 Å². The fourth-order valence-corrected chi connectivity index (χ4v) is 3.20. The Hall–Kier alpha value is -2.64. The molecule has 2 aromatic rings. The van der Waals surface area contributed by atoms with E-state index >= 15 is 0 Å². The molecule has 0 spiro atoms. The van der Waals surface area contributed by atoms with Crippen molar-refractivity contribution >= 4 is 52.1 Å². The summed E-state index contributed by atoms with van der Waals surface area (Å²) in [6.07, 6.45) is 1.25. The van der Waals surface area contributed by atoms with Crippen LogP contribution in [0.25, 0.3) is 0 Å². The van der Waals surface area contributed by atoms with E-state index in [9.17, 15) is 19.7 Å². The highest BCUT2D eigenvalue weighted by atomic mass is 35.5. The minimum absolute atomic E-state index is 0.000439. The Kier molecular flexibility index (Phi) is 5.11. The standard InChI is InChI=1S/C17H13Cl2N3O4/c18-10-3-5-12(15(8-10)22(25)26)17(24)20-11-4-6-14(13(19)9-11)21-7-1-2-16(21)23/h3-6,8-9H,1-2,7H2,(H,20,24). The van der Waals surface area contributed by atoms with Gasteiger partial charge in [0.15, 0.2) is 0 Å². The highest BCUT2D eigenvalue weighted by molar-refractivity contribution is 6.34. The normalized spacial score (nSPS) is 13.8. The predicted octanol–water partition coefficient (Wildman–Crippen LogP) is 4.28. The fraction of sp³-hybridized carbons (Fsp3) is 0.176. The zero-order chi connectivity index (χ0) is 18.8. The Labute approximate surface area is 158 Å². The summed E-state index contributed by atoms with van der Waals surface area (Å²) in [5.74, 6) is -0.657. The second-order valence-electron chi connectivity index (χ2n) is 5.69. The van der Waals surface area contributed by atoms with Crippen molar-refractivity contribution in [3.8, 4) is 0 Å². The third kappa shape index (κ3) is 3.63. The van der Waals surface area contributed by atoms with Gasteiger partial charge in [-0.2, -0.15) is 0 Å². The van der Waals surface area contributed by atoms with Crippen LogP contribution in [-0.2, 0) is 4.79 Å². The minimum Gasteiger partial charge on any atom is -0.322 e. The number of hydrogen-bond donors (Lipinski definition) is 1. The monoisotopic (exact) mass is 393 g/mol. The van der Waals surface area contributed by atoms with Gasteiger partial charge >= 0.3 is 0 Å². The van der Waals surface area contributed by atoms with Gasteiger partial charge in [0.1, 0.15) is 5.56 Å². The van der Waals surface area contributed by atoms with E-state index in [0.717, 1.165) is 12.5 Å². The molecule has 1 aliphatic rings. The summed E-state index contributed by atoms with van der Waals surface area (Å²) in [6.45, 7) is 0.598. The first-order valence-corrected chi connectivity index (χ1v) is 8.47. The van der Waals surface area contributed by atoms with Crippen molar-refractivity contribution in [2.24, 2.45) is 0 Å². The lowest BCUT2D eigenvalue weighted by molar-refractivity contribution is -0.385. The summed E-state index contributed by atoms with van der Waals surface area (Å²) in [6, 6.07) is 8.53. The van der Waals surface area contributed by atoms with Crippen LogP contribution in [-0.4, -0.2) is 23.3 Å². The summed E-state index contributed by atoms with van der Waals surface area (Å²) in [7, 11) is 0. The molecule has 26 heavy (non-hydrogen) atoms. The molecule has 9 heteroatoms. The molecular formula is C17H13Cl2N3O4. The molecule has 0 atom stereocenters.